The van der Waals surface area contributed by atoms with Crippen LogP contribution in [0.25, 0.3) is 0 Å². The molecule has 6 heteroatoms. The summed E-state index contributed by atoms with van der Waals surface area (Å²) in [6.45, 7) is 6.31. The van der Waals surface area contributed by atoms with E-state index in [1.54, 1.807) is 0 Å². The van der Waals surface area contributed by atoms with Gasteiger partial charge in [-0.2, -0.15) is 0 Å². The largest absolute Gasteiger partial charge is 0.462 e. The van der Waals surface area contributed by atoms with Crippen LogP contribution in [0.3, 0.4) is 0 Å². The zero-order valence-electron chi connectivity index (χ0n) is 48.5. The molecule has 1 unspecified atom stereocenters. The van der Waals surface area contributed by atoms with Crippen molar-refractivity contribution in [2.24, 2.45) is 0 Å². The molecule has 0 aromatic heterocycles. The van der Waals surface area contributed by atoms with Crippen molar-refractivity contribution in [2.75, 3.05) is 13.2 Å². The monoisotopic (exact) mass is 1040 g/mol. The molecule has 1 atom stereocenters. The van der Waals surface area contributed by atoms with Crippen LogP contribution in [0, 0.1) is 0 Å². The van der Waals surface area contributed by atoms with Crippen molar-refractivity contribution in [3.05, 3.63) is 134 Å². The number of allylic oxidation sites excluding steroid dienone is 22. The molecule has 0 radical (unpaired) electrons. The third-order valence-corrected chi connectivity index (χ3v) is 12.6. The summed E-state index contributed by atoms with van der Waals surface area (Å²) in [4.78, 5) is 38.2. The minimum atomic E-state index is -0.830. The Labute approximate surface area is 462 Å². The second kappa shape index (κ2) is 62.1. The van der Waals surface area contributed by atoms with Crippen molar-refractivity contribution in [3.8, 4) is 0 Å². The van der Waals surface area contributed by atoms with Gasteiger partial charge in [0, 0.05) is 19.3 Å². The molecule has 0 N–H and O–H groups in total. The van der Waals surface area contributed by atoms with Crippen LogP contribution in [-0.4, -0.2) is 37.2 Å². The number of rotatable bonds is 54. The van der Waals surface area contributed by atoms with Crippen LogP contribution in [0.1, 0.15) is 265 Å². The lowest BCUT2D eigenvalue weighted by atomic mass is 10.0. The first-order chi connectivity index (χ1) is 37.0. The highest BCUT2D eigenvalue weighted by atomic mass is 16.6. The van der Waals surface area contributed by atoms with Gasteiger partial charge in [-0.1, -0.05) is 257 Å². The molecule has 0 bridgehead atoms. The fourth-order valence-electron chi connectivity index (χ4n) is 8.10. The fourth-order valence-corrected chi connectivity index (χ4v) is 8.10. The van der Waals surface area contributed by atoms with E-state index in [4.69, 9.17) is 14.2 Å². The Morgan fingerprint density at radius 2 is 0.547 bits per heavy atom. The van der Waals surface area contributed by atoms with Gasteiger partial charge in [-0.25, -0.2) is 0 Å². The molecule has 0 heterocycles. The molecule has 0 aliphatic heterocycles. The number of carbonyl (C=O) groups excluding carboxylic acids is 3. The molecule has 0 saturated heterocycles. The van der Waals surface area contributed by atoms with Gasteiger partial charge in [-0.15, -0.1) is 0 Å². The van der Waals surface area contributed by atoms with E-state index in [0.29, 0.717) is 19.3 Å². The highest BCUT2D eigenvalue weighted by Gasteiger charge is 2.19. The SMILES string of the molecule is CC/C=C\C/C=C\C/C=C\C/C=C\C/C=C\CCCCCC(=O)OC(COC(=O)CC/C=C\C/C=C\C/C=C\C/C=C\CC)COC(=O)CCCCCCCCCCCCCCC/C=C\C/C=C\CCCCCCC. The molecule has 0 aliphatic carbocycles. The number of unbranched alkanes of at least 4 members (excludes halogenated alkanes) is 21. The molecule has 0 saturated carbocycles. The third-order valence-electron chi connectivity index (χ3n) is 12.6. The second-order valence-electron chi connectivity index (χ2n) is 19.8. The van der Waals surface area contributed by atoms with Gasteiger partial charge in [0.05, 0.1) is 0 Å². The van der Waals surface area contributed by atoms with E-state index >= 15 is 0 Å². The predicted molar refractivity (Wildman–Crippen MR) is 325 cm³/mol. The van der Waals surface area contributed by atoms with Crippen LogP contribution < -0.4 is 0 Å². The predicted octanol–water partition coefficient (Wildman–Crippen LogP) is 21.0. The Bertz CT molecular complexity index is 1620. The van der Waals surface area contributed by atoms with E-state index < -0.39 is 6.10 Å². The Kier molecular flexibility index (Phi) is 58.4. The zero-order valence-corrected chi connectivity index (χ0v) is 48.5. The van der Waals surface area contributed by atoms with Gasteiger partial charge in [-0.3, -0.25) is 14.4 Å². The minimum absolute atomic E-state index is 0.117. The molecular formula is C69H112O6. The summed E-state index contributed by atoms with van der Waals surface area (Å²) >= 11 is 0. The first-order valence-corrected chi connectivity index (χ1v) is 30.7. The van der Waals surface area contributed by atoms with Gasteiger partial charge in [0.2, 0.25) is 0 Å². The Balaban J connectivity index is 4.42. The smallest absolute Gasteiger partial charge is 0.306 e. The summed E-state index contributed by atoms with van der Waals surface area (Å²) in [7, 11) is 0. The van der Waals surface area contributed by atoms with Crippen LogP contribution in [0.15, 0.2) is 134 Å². The summed E-state index contributed by atoms with van der Waals surface area (Å²) < 4.78 is 16.8. The Morgan fingerprint density at radius 3 is 0.907 bits per heavy atom. The van der Waals surface area contributed by atoms with Crippen molar-refractivity contribution in [1.82, 2.24) is 0 Å². The van der Waals surface area contributed by atoms with E-state index in [1.807, 2.05) is 12.2 Å². The third kappa shape index (κ3) is 60.3. The van der Waals surface area contributed by atoms with Crippen LogP contribution in [0.2, 0.25) is 0 Å². The Morgan fingerprint density at radius 1 is 0.280 bits per heavy atom. The molecule has 424 valence electrons. The van der Waals surface area contributed by atoms with Crippen molar-refractivity contribution >= 4 is 17.9 Å². The van der Waals surface area contributed by atoms with Crippen molar-refractivity contribution in [3.63, 3.8) is 0 Å². The molecule has 6 nitrogen and oxygen atoms in total. The van der Waals surface area contributed by atoms with Crippen LogP contribution in [-0.2, 0) is 28.6 Å². The Hall–Kier alpha value is -4.45. The van der Waals surface area contributed by atoms with Crippen molar-refractivity contribution < 1.29 is 28.6 Å². The van der Waals surface area contributed by atoms with Gasteiger partial charge in [-0.05, 0) is 122 Å². The quantitative estimate of drug-likeness (QED) is 0.0261. The normalized spacial score (nSPS) is 13.1. The average molecular weight is 1040 g/mol. The topological polar surface area (TPSA) is 78.9 Å². The van der Waals surface area contributed by atoms with E-state index in [1.165, 1.54) is 109 Å². The minimum Gasteiger partial charge on any atom is -0.462 e. The van der Waals surface area contributed by atoms with Crippen LogP contribution >= 0.6 is 0 Å². The van der Waals surface area contributed by atoms with Gasteiger partial charge < -0.3 is 14.2 Å². The van der Waals surface area contributed by atoms with E-state index in [0.717, 1.165) is 103 Å². The highest BCUT2D eigenvalue weighted by molar-refractivity contribution is 5.71. The summed E-state index contributed by atoms with van der Waals surface area (Å²) in [5, 5.41) is 0. The lowest BCUT2D eigenvalue weighted by Gasteiger charge is -2.18. The standard InChI is InChI=1S/C69H112O6/c1-4-7-10-13-16-19-22-25-27-29-31-32-33-34-35-36-38-39-41-44-47-50-53-56-59-62-68(71)74-65-66(64-73-67(70)61-58-55-52-49-46-43-24-21-18-15-12-9-6-3)75-69(72)63-60-57-54-51-48-45-42-40-37-30-28-26-23-20-17-14-11-8-5-2/h8-9,11-12,17-18,20-22,25-26,28-29,31,37,40,43,45-46,48,52,55,66H,4-7,10,13-16,19,23-24,27,30,32-36,38-39,41-42,44,47,49-51,53-54,56-65H2,1-3H3/b11-8-,12-9-,20-17-,21-18-,25-22-,28-26-,31-29-,40-37-,46-43-,48-45-,55-52-. The molecule has 0 spiro atoms. The lowest BCUT2D eigenvalue weighted by Crippen LogP contribution is -2.30. The van der Waals surface area contributed by atoms with E-state index in [2.05, 4.69) is 142 Å². The number of carbonyl (C=O) groups is 3. The van der Waals surface area contributed by atoms with Crippen molar-refractivity contribution in [2.45, 2.75) is 271 Å². The maximum absolute atomic E-state index is 12.9. The number of esters is 3. The van der Waals surface area contributed by atoms with Crippen LogP contribution in [0.5, 0.6) is 0 Å². The average Bonchev–Trinajstić information content (AvgIpc) is 3.41. The van der Waals surface area contributed by atoms with Crippen LogP contribution in [0.4, 0.5) is 0 Å². The fraction of sp³-hybridized carbons (Fsp3) is 0.638. The molecular weight excluding hydrogens is 925 g/mol. The second-order valence-corrected chi connectivity index (χ2v) is 19.8. The zero-order chi connectivity index (χ0) is 54.3. The van der Waals surface area contributed by atoms with E-state index in [-0.39, 0.29) is 44.0 Å². The molecule has 0 aromatic rings. The number of hydrogen-bond acceptors (Lipinski definition) is 6. The molecule has 0 fully saturated rings. The maximum atomic E-state index is 12.9. The first-order valence-electron chi connectivity index (χ1n) is 30.7. The molecule has 0 aromatic carbocycles. The van der Waals surface area contributed by atoms with Gasteiger partial charge in [0.25, 0.3) is 0 Å². The molecule has 0 amide bonds. The highest BCUT2D eigenvalue weighted by Crippen LogP contribution is 2.15. The maximum Gasteiger partial charge on any atom is 0.306 e. The summed E-state index contributed by atoms with van der Waals surface area (Å²) in [5.74, 6) is -1.04. The summed E-state index contributed by atoms with van der Waals surface area (Å²) in [6.07, 6.45) is 87.6. The van der Waals surface area contributed by atoms with Gasteiger partial charge >= 0.3 is 17.9 Å². The summed E-state index contributed by atoms with van der Waals surface area (Å²) in [6, 6.07) is 0. The lowest BCUT2D eigenvalue weighted by molar-refractivity contribution is -0.166. The van der Waals surface area contributed by atoms with Gasteiger partial charge in [0.1, 0.15) is 13.2 Å². The first kappa shape index (κ1) is 70.5. The van der Waals surface area contributed by atoms with E-state index in [9.17, 15) is 14.4 Å². The molecule has 0 aliphatic rings. The molecule has 75 heavy (non-hydrogen) atoms. The number of ether oxygens (including phenoxy) is 3. The van der Waals surface area contributed by atoms with Gasteiger partial charge in [0.15, 0.2) is 6.10 Å². The molecule has 0 rings (SSSR count). The number of hydrogen-bond donors (Lipinski definition) is 0. The summed E-state index contributed by atoms with van der Waals surface area (Å²) in [5.41, 5.74) is 0. The van der Waals surface area contributed by atoms with Crippen molar-refractivity contribution in [1.29, 1.82) is 0 Å².